The van der Waals surface area contributed by atoms with Crippen LogP contribution in [0.4, 0.5) is 19.1 Å². The van der Waals surface area contributed by atoms with Crippen LogP contribution in [-0.2, 0) is 11.3 Å². The van der Waals surface area contributed by atoms with Gasteiger partial charge in [-0.2, -0.15) is 5.10 Å². The Morgan fingerprint density at radius 2 is 2.00 bits per heavy atom. The predicted octanol–water partition coefficient (Wildman–Crippen LogP) is 3.71. The van der Waals surface area contributed by atoms with Crippen LogP contribution in [0.3, 0.4) is 0 Å². The first-order valence-electron chi connectivity index (χ1n) is 10.9. The first kappa shape index (κ1) is 23.5. The maximum atomic E-state index is 12.8. The molecule has 2 aromatic heterocycles. The minimum absolute atomic E-state index is 0.0227. The second-order valence-electron chi connectivity index (χ2n) is 8.32. The van der Waals surface area contributed by atoms with Crippen molar-refractivity contribution in [1.82, 2.24) is 24.6 Å². The molecule has 0 saturated carbocycles. The lowest BCUT2D eigenvalue weighted by molar-refractivity contribution is -0.274. The molecule has 0 aliphatic carbocycles. The Kier molecular flexibility index (Phi) is 6.71. The Labute approximate surface area is 195 Å². The van der Waals surface area contributed by atoms with Gasteiger partial charge in [-0.3, -0.25) is 9.48 Å². The molecule has 1 aliphatic heterocycles. The minimum atomic E-state index is -4.75. The van der Waals surface area contributed by atoms with Gasteiger partial charge in [-0.15, -0.1) is 13.2 Å². The molecule has 3 heterocycles. The van der Waals surface area contributed by atoms with E-state index in [1.165, 1.54) is 12.1 Å². The standard InChI is InChI=1S/C23H25F3N6O2/c1-30(2)22-27-13-19(16-6-8-18(9-7-16)34-23(24,25)26)21(29-22)17-5-3-11-31(14-17)20(33)15-32-12-4-10-28-32/h4,6-10,12-13,17H,3,5,11,14-15H2,1-2H3/t17-/m1/s1. The molecule has 4 rings (SSSR count). The van der Waals surface area contributed by atoms with Gasteiger partial charge in [0.2, 0.25) is 11.9 Å². The van der Waals surface area contributed by atoms with Crippen LogP contribution in [0.2, 0.25) is 0 Å². The molecular formula is C23H25F3N6O2. The molecule has 0 unspecified atom stereocenters. The Balaban J connectivity index is 1.61. The summed E-state index contributed by atoms with van der Waals surface area (Å²) in [6.45, 7) is 1.31. The smallest absolute Gasteiger partial charge is 0.406 e. The predicted molar refractivity (Wildman–Crippen MR) is 119 cm³/mol. The number of benzene rings is 1. The van der Waals surface area contributed by atoms with E-state index in [0.717, 1.165) is 24.1 Å². The van der Waals surface area contributed by atoms with Crippen LogP contribution < -0.4 is 9.64 Å². The number of alkyl halides is 3. The van der Waals surface area contributed by atoms with Crippen molar-refractivity contribution in [2.75, 3.05) is 32.1 Å². The second kappa shape index (κ2) is 9.70. The molecule has 0 bridgehead atoms. The molecule has 1 amide bonds. The number of carbonyl (C=O) groups is 1. The summed E-state index contributed by atoms with van der Waals surface area (Å²) in [5.74, 6) is 0.163. The summed E-state index contributed by atoms with van der Waals surface area (Å²) >= 11 is 0. The first-order valence-corrected chi connectivity index (χ1v) is 10.9. The number of nitrogens with zero attached hydrogens (tertiary/aromatic N) is 6. The van der Waals surface area contributed by atoms with Crippen molar-refractivity contribution in [3.05, 3.63) is 54.6 Å². The van der Waals surface area contributed by atoms with Crippen LogP contribution in [0.5, 0.6) is 5.75 Å². The third kappa shape index (κ3) is 5.64. The molecule has 1 aliphatic rings. The average molecular weight is 474 g/mol. The van der Waals surface area contributed by atoms with E-state index in [4.69, 9.17) is 4.98 Å². The van der Waals surface area contributed by atoms with Gasteiger partial charge in [0.15, 0.2) is 0 Å². The highest BCUT2D eigenvalue weighted by molar-refractivity contribution is 5.76. The van der Waals surface area contributed by atoms with Gasteiger partial charge in [0.25, 0.3) is 0 Å². The fourth-order valence-electron chi connectivity index (χ4n) is 4.03. The van der Waals surface area contributed by atoms with Crippen LogP contribution in [0.25, 0.3) is 11.1 Å². The quantitative estimate of drug-likeness (QED) is 0.542. The van der Waals surface area contributed by atoms with E-state index in [1.54, 1.807) is 46.4 Å². The second-order valence-corrected chi connectivity index (χ2v) is 8.32. The number of likely N-dealkylation sites (tertiary alicyclic amines) is 1. The summed E-state index contributed by atoms with van der Waals surface area (Å²) in [6.07, 6.45) is 1.95. The number of halogens is 3. The summed E-state index contributed by atoms with van der Waals surface area (Å²) in [6, 6.07) is 7.43. The number of amides is 1. The molecule has 1 atom stereocenters. The monoisotopic (exact) mass is 474 g/mol. The van der Waals surface area contributed by atoms with Crippen molar-refractivity contribution in [2.24, 2.45) is 0 Å². The highest BCUT2D eigenvalue weighted by Crippen LogP contribution is 2.35. The molecule has 1 fully saturated rings. The van der Waals surface area contributed by atoms with Crippen molar-refractivity contribution < 1.29 is 22.7 Å². The molecule has 8 nitrogen and oxygen atoms in total. The lowest BCUT2D eigenvalue weighted by atomic mass is 9.90. The van der Waals surface area contributed by atoms with E-state index in [-0.39, 0.29) is 24.1 Å². The summed E-state index contributed by atoms with van der Waals surface area (Å²) in [4.78, 5) is 25.6. The number of hydrogen-bond donors (Lipinski definition) is 0. The molecular weight excluding hydrogens is 449 g/mol. The van der Waals surface area contributed by atoms with E-state index in [9.17, 15) is 18.0 Å². The molecule has 1 aromatic carbocycles. The van der Waals surface area contributed by atoms with E-state index < -0.39 is 6.36 Å². The lowest BCUT2D eigenvalue weighted by Crippen LogP contribution is -2.41. The highest BCUT2D eigenvalue weighted by Gasteiger charge is 2.31. The summed E-state index contributed by atoms with van der Waals surface area (Å²) in [7, 11) is 3.67. The van der Waals surface area contributed by atoms with Crippen LogP contribution in [-0.4, -0.2) is 64.1 Å². The fraction of sp³-hybridized carbons (Fsp3) is 0.391. The summed E-state index contributed by atoms with van der Waals surface area (Å²) in [5.41, 5.74) is 2.16. The van der Waals surface area contributed by atoms with Crippen molar-refractivity contribution in [1.29, 1.82) is 0 Å². The van der Waals surface area contributed by atoms with E-state index >= 15 is 0 Å². The number of anilines is 1. The van der Waals surface area contributed by atoms with Gasteiger partial charge in [0.1, 0.15) is 12.3 Å². The van der Waals surface area contributed by atoms with Gasteiger partial charge < -0.3 is 14.5 Å². The third-order valence-electron chi connectivity index (χ3n) is 5.62. The first-order chi connectivity index (χ1) is 16.2. The van der Waals surface area contributed by atoms with Crippen LogP contribution in [0.15, 0.2) is 48.9 Å². The molecule has 0 spiro atoms. The van der Waals surface area contributed by atoms with Crippen LogP contribution >= 0.6 is 0 Å². The zero-order valence-corrected chi connectivity index (χ0v) is 18.9. The SMILES string of the molecule is CN(C)c1ncc(-c2ccc(OC(F)(F)F)cc2)c([C@@H]2CCCN(C(=O)Cn3cccn3)C2)n1. The Morgan fingerprint density at radius 3 is 2.65 bits per heavy atom. The minimum Gasteiger partial charge on any atom is -0.406 e. The number of piperidine rings is 1. The largest absolute Gasteiger partial charge is 0.573 e. The highest BCUT2D eigenvalue weighted by atomic mass is 19.4. The Morgan fingerprint density at radius 1 is 1.24 bits per heavy atom. The molecule has 11 heteroatoms. The zero-order chi connectivity index (χ0) is 24.3. The molecule has 0 radical (unpaired) electrons. The third-order valence-corrected chi connectivity index (χ3v) is 5.62. The number of rotatable bonds is 6. The number of ether oxygens (including phenoxy) is 1. The van der Waals surface area contributed by atoms with E-state index in [2.05, 4.69) is 14.8 Å². The number of carbonyl (C=O) groups excluding carboxylic acids is 1. The zero-order valence-electron chi connectivity index (χ0n) is 18.9. The van der Waals surface area contributed by atoms with Crippen molar-refractivity contribution >= 4 is 11.9 Å². The fourth-order valence-corrected chi connectivity index (χ4v) is 4.03. The van der Waals surface area contributed by atoms with Gasteiger partial charge in [0, 0.05) is 57.3 Å². The van der Waals surface area contributed by atoms with E-state index in [1.807, 2.05) is 19.0 Å². The van der Waals surface area contributed by atoms with Crippen LogP contribution in [0, 0.1) is 0 Å². The van der Waals surface area contributed by atoms with Crippen molar-refractivity contribution in [3.63, 3.8) is 0 Å². The number of hydrogen-bond acceptors (Lipinski definition) is 6. The van der Waals surface area contributed by atoms with Gasteiger partial charge in [-0.1, -0.05) is 12.1 Å². The number of aromatic nitrogens is 4. The normalized spacial score (nSPS) is 16.4. The van der Waals surface area contributed by atoms with Crippen molar-refractivity contribution in [3.8, 4) is 16.9 Å². The van der Waals surface area contributed by atoms with Crippen molar-refractivity contribution in [2.45, 2.75) is 31.7 Å². The summed E-state index contributed by atoms with van der Waals surface area (Å²) in [5, 5.41) is 4.10. The summed E-state index contributed by atoms with van der Waals surface area (Å²) < 4.78 is 43.2. The van der Waals surface area contributed by atoms with Gasteiger partial charge in [-0.25, -0.2) is 9.97 Å². The molecule has 1 saturated heterocycles. The Hall–Kier alpha value is -3.63. The Bertz CT molecular complexity index is 1120. The molecule has 0 N–H and O–H groups in total. The lowest BCUT2D eigenvalue weighted by Gasteiger charge is -2.33. The maximum Gasteiger partial charge on any atom is 0.573 e. The maximum absolute atomic E-state index is 12.8. The molecule has 34 heavy (non-hydrogen) atoms. The average Bonchev–Trinajstić information content (AvgIpc) is 3.31. The van der Waals surface area contributed by atoms with Gasteiger partial charge in [-0.05, 0) is 36.6 Å². The molecule has 180 valence electrons. The topological polar surface area (TPSA) is 76.4 Å². The van der Waals surface area contributed by atoms with Gasteiger partial charge in [0.05, 0.1) is 5.69 Å². The van der Waals surface area contributed by atoms with E-state index in [0.29, 0.717) is 24.6 Å². The van der Waals surface area contributed by atoms with Crippen LogP contribution in [0.1, 0.15) is 24.5 Å². The van der Waals surface area contributed by atoms with Gasteiger partial charge >= 0.3 is 6.36 Å². The molecule has 3 aromatic rings.